The first kappa shape index (κ1) is 19.0. The monoisotopic (exact) mass is 409 g/mol. The Kier molecular flexibility index (Phi) is 5.59. The smallest absolute Gasteiger partial charge is 0.195 e. The van der Waals surface area contributed by atoms with E-state index >= 15 is 0 Å². The molecule has 0 bridgehead atoms. The van der Waals surface area contributed by atoms with E-state index in [2.05, 4.69) is 109 Å². The van der Waals surface area contributed by atoms with Gasteiger partial charge in [-0.1, -0.05) is 109 Å². The van der Waals surface area contributed by atoms with Gasteiger partial charge in [0.2, 0.25) is 0 Å². The zero-order valence-electron chi connectivity index (χ0n) is 16.8. The van der Waals surface area contributed by atoms with E-state index in [0.717, 1.165) is 12.3 Å². The molecular weight excluding hydrogens is 385 g/mol. The summed E-state index contributed by atoms with van der Waals surface area (Å²) in [6.07, 6.45) is 7.59. The Morgan fingerprint density at radius 2 is 1.40 bits per heavy atom. The van der Waals surface area contributed by atoms with Crippen LogP contribution >= 0.6 is 7.92 Å². The van der Waals surface area contributed by atoms with Gasteiger partial charge in [-0.25, -0.2) is 4.99 Å². The molecule has 2 aliphatic rings. The Morgan fingerprint density at radius 1 is 0.800 bits per heavy atom. The number of hydrogen-bond donors (Lipinski definition) is 0. The number of allylic oxidation sites excluding steroid dienone is 2. The zero-order chi connectivity index (χ0) is 20.2. The summed E-state index contributed by atoms with van der Waals surface area (Å²) in [6.45, 7) is 0.663. The van der Waals surface area contributed by atoms with Crippen molar-refractivity contribution in [2.24, 2.45) is 10.9 Å². The van der Waals surface area contributed by atoms with Gasteiger partial charge in [0.15, 0.2) is 5.90 Å². The molecule has 0 amide bonds. The Bertz CT molecular complexity index is 1030. The largest absolute Gasteiger partial charge is 0.478 e. The molecule has 0 fully saturated rings. The molecule has 1 unspecified atom stereocenters. The first-order valence-corrected chi connectivity index (χ1v) is 11.8. The first-order chi connectivity index (χ1) is 14.9. The maximum Gasteiger partial charge on any atom is 0.195 e. The minimum atomic E-state index is -0.632. The minimum Gasteiger partial charge on any atom is -0.478 e. The third kappa shape index (κ3) is 4.01. The molecule has 0 aromatic heterocycles. The Balaban J connectivity index is 1.43. The highest BCUT2D eigenvalue weighted by Gasteiger charge is 2.33. The number of benzene rings is 3. The van der Waals surface area contributed by atoms with Crippen molar-refractivity contribution in [2.45, 2.75) is 12.5 Å². The Morgan fingerprint density at radius 3 is 2.03 bits per heavy atom. The maximum atomic E-state index is 6.14. The van der Waals surface area contributed by atoms with Crippen LogP contribution in [-0.2, 0) is 11.2 Å². The number of aliphatic imine (C=N–C) groups is 1. The Hall–Kier alpha value is -2.96. The average Bonchev–Trinajstić information content (AvgIpc) is 3.46. The quantitative estimate of drug-likeness (QED) is 0.511. The predicted octanol–water partition coefficient (Wildman–Crippen LogP) is 5.23. The fourth-order valence-corrected chi connectivity index (χ4v) is 6.63. The van der Waals surface area contributed by atoms with Crippen molar-refractivity contribution < 1.29 is 4.74 Å². The van der Waals surface area contributed by atoms with Crippen LogP contribution in [0.15, 0.2) is 120 Å². The number of rotatable bonds is 6. The molecule has 3 heteroatoms. The second kappa shape index (κ2) is 8.81. The van der Waals surface area contributed by atoms with Gasteiger partial charge in [-0.15, -0.1) is 0 Å². The second-order valence-electron chi connectivity index (χ2n) is 7.58. The SMILES string of the molecule is C1=CC(C2=N[C@@H](Cc3ccccc3)CO2)C(P(c2ccccc2)c2ccccc2)=C1. The molecule has 2 atom stereocenters. The van der Waals surface area contributed by atoms with Crippen LogP contribution in [0.3, 0.4) is 0 Å². The Labute approximate surface area is 179 Å². The highest BCUT2D eigenvalue weighted by atomic mass is 31.1. The van der Waals surface area contributed by atoms with Crippen LogP contribution in [0.2, 0.25) is 0 Å². The molecule has 0 saturated carbocycles. The van der Waals surface area contributed by atoms with Crippen LogP contribution < -0.4 is 10.6 Å². The molecule has 148 valence electrons. The number of ether oxygens (including phenoxy) is 1. The van der Waals surface area contributed by atoms with Crippen molar-refractivity contribution in [3.8, 4) is 0 Å². The first-order valence-electron chi connectivity index (χ1n) is 10.4. The van der Waals surface area contributed by atoms with E-state index in [1.807, 2.05) is 0 Å². The summed E-state index contributed by atoms with van der Waals surface area (Å²) in [4.78, 5) is 5.00. The van der Waals surface area contributed by atoms with Gasteiger partial charge in [-0.2, -0.15) is 0 Å². The maximum absolute atomic E-state index is 6.14. The molecule has 0 saturated heterocycles. The molecule has 3 aromatic carbocycles. The van der Waals surface area contributed by atoms with Gasteiger partial charge in [0.05, 0.1) is 12.0 Å². The van der Waals surface area contributed by atoms with E-state index in [0.29, 0.717) is 6.61 Å². The van der Waals surface area contributed by atoms with Crippen LogP contribution in [0, 0.1) is 5.92 Å². The lowest BCUT2D eigenvalue weighted by molar-refractivity contribution is 0.306. The van der Waals surface area contributed by atoms with Gasteiger partial charge in [0.1, 0.15) is 6.61 Å². The molecule has 2 nitrogen and oxygen atoms in total. The molecular formula is C27H24NOP. The van der Waals surface area contributed by atoms with E-state index in [9.17, 15) is 0 Å². The van der Waals surface area contributed by atoms with Gasteiger partial charge in [0, 0.05) is 0 Å². The van der Waals surface area contributed by atoms with Crippen LogP contribution in [0.1, 0.15) is 5.56 Å². The van der Waals surface area contributed by atoms with Crippen LogP contribution in [0.25, 0.3) is 0 Å². The van der Waals surface area contributed by atoms with Crippen molar-refractivity contribution in [1.82, 2.24) is 0 Å². The van der Waals surface area contributed by atoms with Crippen molar-refractivity contribution in [2.75, 3.05) is 6.61 Å². The standard InChI is InChI=1S/C27H24NOP/c1-4-11-21(12-5-1)19-22-20-29-27(28-22)25-17-10-18-26(25)30(23-13-6-2-7-14-23)24-15-8-3-9-16-24/h1-18,22,25H,19-20H2/t22-,25?/m0/s1. The fourth-order valence-electron chi connectivity index (χ4n) is 4.09. The molecule has 0 spiro atoms. The highest BCUT2D eigenvalue weighted by molar-refractivity contribution is 7.76. The number of hydrogen-bond acceptors (Lipinski definition) is 2. The molecule has 1 aliphatic heterocycles. The summed E-state index contributed by atoms with van der Waals surface area (Å²) in [5, 5.41) is 4.11. The summed E-state index contributed by atoms with van der Waals surface area (Å²) in [7, 11) is -0.632. The fraction of sp³-hybridized carbons (Fsp3) is 0.148. The summed E-state index contributed by atoms with van der Waals surface area (Å²) >= 11 is 0. The number of nitrogens with zero attached hydrogens (tertiary/aromatic N) is 1. The zero-order valence-corrected chi connectivity index (χ0v) is 17.7. The van der Waals surface area contributed by atoms with Gasteiger partial charge in [-0.05, 0) is 35.8 Å². The third-order valence-electron chi connectivity index (χ3n) is 5.49. The topological polar surface area (TPSA) is 21.6 Å². The molecule has 3 aromatic rings. The predicted molar refractivity (Wildman–Crippen MR) is 127 cm³/mol. The molecule has 0 radical (unpaired) electrons. The minimum absolute atomic E-state index is 0.122. The summed E-state index contributed by atoms with van der Waals surface area (Å²) in [5.74, 6) is 0.993. The van der Waals surface area contributed by atoms with Crippen molar-refractivity contribution in [3.63, 3.8) is 0 Å². The highest BCUT2D eigenvalue weighted by Crippen LogP contribution is 2.49. The van der Waals surface area contributed by atoms with E-state index < -0.39 is 7.92 Å². The lowest BCUT2D eigenvalue weighted by Crippen LogP contribution is -2.20. The lowest BCUT2D eigenvalue weighted by Gasteiger charge is -2.24. The molecule has 1 aliphatic carbocycles. The molecule has 1 heterocycles. The van der Waals surface area contributed by atoms with Gasteiger partial charge in [0.25, 0.3) is 0 Å². The third-order valence-corrected chi connectivity index (χ3v) is 8.06. The average molecular weight is 409 g/mol. The van der Waals surface area contributed by atoms with Crippen molar-refractivity contribution >= 4 is 24.4 Å². The van der Waals surface area contributed by atoms with Gasteiger partial charge >= 0.3 is 0 Å². The van der Waals surface area contributed by atoms with Crippen molar-refractivity contribution in [1.29, 1.82) is 0 Å². The van der Waals surface area contributed by atoms with Crippen LogP contribution in [0.5, 0.6) is 0 Å². The summed E-state index contributed by atoms with van der Waals surface area (Å²) in [6, 6.07) is 32.4. The van der Waals surface area contributed by atoms with Gasteiger partial charge < -0.3 is 4.74 Å². The van der Waals surface area contributed by atoms with E-state index in [4.69, 9.17) is 9.73 Å². The normalized spacial score (nSPS) is 20.2. The van der Waals surface area contributed by atoms with Gasteiger partial charge in [-0.3, -0.25) is 0 Å². The molecule has 5 rings (SSSR count). The van der Waals surface area contributed by atoms with Crippen molar-refractivity contribution in [3.05, 3.63) is 120 Å². The molecule has 30 heavy (non-hydrogen) atoms. The molecule has 0 N–H and O–H groups in total. The van der Waals surface area contributed by atoms with E-state index in [1.165, 1.54) is 21.5 Å². The summed E-state index contributed by atoms with van der Waals surface area (Å²) in [5.41, 5.74) is 1.31. The van der Waals surface area contributed by atoms with E-state index in [1.54, 1.807) is 0 Å². The van der Waals surface area contributed by atoms with Crippen LogP contribution in [-0.4, -0.2) is 18.5 Å². The lowest BCUT2D eigenvalue weighted by atomic mass is 10.1. The van der Waals surface area contributed by atoms with E-state index in [-0.39, 0.29) is 12.0 Å². The summed E-state index contributed by atoms with van der Waals surface area (Å²) < 4.78 is 6.14. The van der Waals surface area contributed by atoms with Crippen LogP contribution in [0.4, 0.5) is 0 Å². The second-order valence-corrected chi connectivity index (χ2v) is 9.80.